The molecule has 4 nitrogen and oxygen atoms in total. The molecule has 1 rings (SSSR count). The van der Waals surface area contributed by atoms with Gasteiger partial charge in [0.15, 0.2) is 0 Å². The van der Waals surface area contributed by atoms with Gasteiger partial charge in [-0.1, -0.05) is 22.0 Å². The molecular formula is C10H11BrO4. The summed E-state index contributed by atoms with van der Waals surface area (Å²) in [5.41, 5.74) is 0.597. The topological polar surface area (TPSA) is 66.8 Å². The van der Waals surface area contributed by atoms with Crippen LogP contribution in [0, 0.1) is 0 Å². The lowest BCUT2D eigenvalue weighted by Gasteiger charge is -2.09. The number of rotatable bonds is 3. The Balaban J connectivity index is 3.10. The lowest BCUT2D eigenvalue weighted by Crippen LogP contribution is -2.05. The van der Waals surface area contributed by atoms with E-state index < -0.39 is 12.1 Å². The van der Waals surface area contributed by atoms with Crippen LogP contribution >= 0.6 is 15.9 Å². The molecule has 0 saturated carbocycles. The van der Waals surface area contributed by atoms with Gasteiger partial charge in [0.1, 0.15) is 11.3 Å². The number of carbonyl (C=O) groups is 1. The normalized spacial score (nSPS) is 12.2. The minimum Gasteiger partial charge on any atom is -0.507 e. The fourth-order valence-electron chi connectivity index (χ4n) is 1.12. The first kappa shape index (κ1) is 12.0. The first-order chi connectivity index (χ1) is 7.10. The molecule has 0 heterocycles. The maximum absolute atomic E-state index is 11.2. The first-order valence-corrected chi connectivity index (χ1v) is 5.37. The highest BCUT2D eigenvalue weighted by atomic mass is 79.9. The van der Waals surface area contributed by atoms with Crippen molar-refractivity contribution in [1.29, 1.82) is 0 Å². The summed E-state index contributed by atoms with van der Waals surface area (Å²) in [6.07, 6.45) is -0.714. The molecule has 0 amide bonds. The van der Waals surface area contributed by atoms with Crippen molar-refractivity contribution in [3.63, 3.8) is 0 Å². The fraction of sp³-hybridized carbons (Fsp3) is 0.300. The zero-order valence-corrected chi connectivity index (χ0v) is 9.69. The van der Waals surface area contributed by atoms with E-state index in [-0.39, 0.29) is 11.3 Å². The van der Waals surface area contributed by atoms with Gasteiger partial charge in [-0.2, -0.15) is 0 Å². The fourth-order valence-corrected chi connectivity index (χ4v) is 1.50. The Kier molecular flexibility index (Phi) is 4.11. The second-order valence-electron chi connectivity index (χ2n) is 2.94. The van der Waals surface area contributed by atoms with Crippen LogP contribution in [-0.4, -0.2) is 28.6 Å². The Morgan fingerprint density at radius 2 is 2.27 bits per heavy atom. The number of alkyl halides is 1. The molecule has 0 aliphatic heterocycles. The Labute approximate surface area is 95.6 Å². The van der Waals surface area contributed by atoms with Crippen molar-refractivity contribution in [3.8, 4) is 5.75 Å². The molecule has 15 heavy (non-hydrogen) atoms. The van der Waals surface area contributed by atoms with Crippen LogP contribution in [0.1, 0.15) is 22.0 Å². The van der Waals surface area contributed by atoms with Gasteiger partial charge in [-0.05, 0) is 17.7 Å². The number of hydrogen-bond donors (Lipinski definition) is 2. The number of carbonyl (C=O) groups excluding carboxylic acids is 1. The molecule has 82 valence electrons. The first-order valence-electron chi connectivity index (χ1n) is 4.25. The van der Waals surface area contributed by atoms with Crippen molar-refractivity contribution in [2.24, 2.45) is 0 Å². The highest BCUT2D eigenvalue weighted by Gasteiger charge is 2.14. The lowest BCUT2D eigenvalue weighted by atomic mass is 10.1. The Hall–Kier alpha value is -1.07. The Morgan fingerprint density at radius 1 is 1.60 bits per heavy atom. The van der Waals surface area contributed by atoms with Crippen LogP contribution in [0.2, 0.25) is 0 Å². The van der Waals surface area contributed by atoms with Gasteiger partial charge in [0.05, 0.1) is 13.2 Å². The number of methoxy groups -OCH3 is 1. The van der Waals surface area contributed by atoms with Gasteiger partial charge in [-0.25, -0.2) is 4.79 Å². The summed E-state index contributed by atoms with van der Waals surface area (Å²) in [7, 11) is 1.23. The average molecular weight is 275 g/mol. The number of aliphatic hydroxyl groups is 1. The van der Waals surface area contributed by atoms with Gasteiger partial charge >= 0.3 is 5.97 Å². The summed E-state index contributed by atoms with van der Waals surface area (Å²) < 4.78 is 4.49. The van der Waals surface area contributed by atoms with Crippen molar-refractivity contribution in [1.82, 2.24) is 0 Å². The highest BCUT2D eigenvalue weighted by molar-refractivity contribution is 9.09. The SMILES string of the molecule is COC(=O)c1cc(C(O)CBr)ccc1O. The molecule has 0 saturated heterocycles. The maximum Gasteiger partial charge on any atom is 0.341 e. The van der Waals surface area contributed by atoms with E-state index in [2.05, 4.69) is 20.7 Å². The van der Waals surface area contributed by atoms with Crippen molar-refractivity contribution in [2.75, 3.05) is 12.4 Å². The molecular weight excluding hydrogens is 264 g/mol. The Morgan fingerprint density at radius 3 is 2.80 bits per heavy atom. The van der Waals surface area contributed by atoms with E-state index in [4.69, 9.17) is 0 Å². The molecule has 0 aliphatic rings. The summed E-state index contributed by atoms with van der Waals surface area (Å²) in [4.78, 5) is 11.2. The van der Waals surface area contributed by atoms with Crippen molar-refractivity contribution in [3.05, 3.63) is 29.3 Å². The molecule has 2 N–H and O–H groups in total. The molecule has 0 bridgehead atoms. The van der Waals surface area contributed by atoms with Crippen LogP contribution in [0.5, 0.6) is 5.75 Å². The van der Waals surface area contributed by atoms with Crippen LogP contribution in [-0.2, 0) is 4.74 Å². The zero-order chi connectivity index (χ0) is 11.4. The van der Waals surface area contributed by atoms with E-state index in [1.807, 2.05) is 0 Å². The number of halogens is 1. The van der Waals surface area contributed by atoms with Gasteiger partial charge in [-0.15, -0.1) is 0 Å². The third-order valence-electron chi connectivity index (χ3n) is 1.96. The highest BCUT2D eigenvalue weighted by Crippen LogP contribution is 2.23. The summed E-state index contributed by atoms with van der Waals surface area (Å²) in [5.74, 6) is -0.788. The van der Waals surface area contributed by atoms with Gasteiger partial charge in [-0.3, -0.25) is 0 Å². The molecule has 0 aromatic heterocycles. The molecule has 1 atom stereocenters. The van der Waals surface area contributed by atoms with E-state index in [0.29, 0.717) is 10.9 Å². The van der Waals surface area contributed by atoms with E-state index in [0.717, 1.165) is 0 Å². The van der Waals surface area contributed by atoms with Crippen LogP contribution in [0.25, 0.3) is 0 Å². The number of ether oxygens (including phenoxy) is 1. The predicted octanol–water partition coefficient (Wildman–Crippen LogP) is 1.61. The third-order valence-corrected chi connectivity index (χ3v) is 2.57. The van der Waals surface area contributed by atoms with Crippen LogP contribution in [0.4, 0.5) is 0 Å². The molecule has 0 fully saturated rings. The molecule has 0 aliphatic carbocycles. The second kappa shape index (κ2) is 5.14. The number of hydrogen-bond acceptors (Lipinski definition) is 4. The molecule has 1 unspecified atom stereocenters. The quantitative estimate of drug-likeness (QED) is 0.649. The summed E-state index contributed by atoms with van der Waals surface area (Å²) in [6, 6.07) is 4.31. The van der Waals surface area contributed by atoms with E-state index in [9.17, 15) is 15.0 Å². The number of phenols is 1. The summed E-state index contributed by atoms with van der Waals surface area (Å²) >= 11 is 3.12. The monoisotopic (exact) mass is 274 g/mol. The van der Waals surface area contributed by atoms with Crippen molar-refractivity contribution < 1.29 is 19.7 Å². The predicted molar refractivity (Wildman–Crippen MR) is 58.2 cm³/mol. The Bertz CT molecular complexity index is 364. The average Bonchev–Trinajstić information content (AvgIpc) is 2.27. The largest absolute Gasteiger partial charge is 0.507 e. The number of aliphatic hydroxyl groups excluding tert-OH is 1. The molecule has 1 aromatic rings. The minimum atomic E-state index is -0.714. The summed E-state index contributed by atoms with van der Waals surface area (Å²) in [5, 5.41) is 19.3. The third kappa shape index (κ3) is 2.70. The number of benzene rings is 1. The van der Waals surface area contributed by atoms with E-state index in [1.54, 1.807) is 6.07 Å². The minimum absolute atomic E-state index is 0.0509. The van der Waals surface area contributed by atoms with Crippen molar-refractivity contribution in [2.45, 2.75) is 6.10 Å². The number of esters is 1. The molecule has 0 radical (unpaired) electrons. The van der Waals surface area contributed by atoms with Gasteiger partial charge in [0, 0.05) is 5.33 Å². The van der Waals surface area contributed by atoms with Crippen LogP contribution in [0.3, 0.4) is 0 Å². The van der Waals surface area contributed by atoms with Gasteiger partial charge in [0.25, 0.3) is 0 Å². The van der Waals surface area contributed by atoms with E-state index in [1.165, 1.54) is 19.2 Å². The molecule has 1 aromatic carbocycles. The maximum atomic E-state index is 11.2. The van der Waals surface area contributed by atoms with Crippen LogP contribution in [0.15, 0.2) is 18.2 Å². The van der Waals surface area contributed by atoms with Gasteiger partial charge in [0.2, 0.25) is 0 Å². The van der Waals surface area contributed by atoms with Crippen LogP contribution < -0.4 is 0 Å². The zero-order valence-electron chi connectivity index (χ0n) is 8.11. The van der Waals surface area contributed by atoms with Crippen molar-refractivity contribution >= 4 is 21.9 Å². The molecule has 5 heteroatoms. The number of aromatic hydroxyl groups is 1. The molecule has 0 spiro atoms. The standard InChI is InChI=1S/C10H11BrO4/c1-15-10(14)7-4-6(9(13)5-11)2-3-8(7)12/h2-4,9,12-13H,5H2,1H3. The van der Waals surface area contributed by atoms with E-state index >= 15 is 0 Å². The number of phenolic OH excluding ortho intramolecular Hbond substituents is 1. The van der Waals surface area contributed by atoms with Gasteiger partial charge < -0.3 is 14.9 Å². The summed E-state index contributed by atoms with van der Waals surface area (Å²) in [6.45, 7) is 0. The lowest BCUT2D eigenvalue weighted by molar-refractivity contribution is 0.0597. The second-order valence-corrected chi connectivity index (χ2v) is 3.59. The smallest absolute Gasteiger partial charge is 0.341 e.